The van der Waals surface area contributed by atoms with Gasteiger partial charge >= 0.3 is 0 Å². The zero-order chi connectivity index (χ0) is 18.5. The Morgan fingerprint density at radius 3 is 2.46 bits per heavy atom. The van der Waals surface area contributed by atoms with E-state index in [0.717, 1.165) is 21.8 Å². The molecule has 7 heteroatoms. The van der Waals surface area contributed by atoms with Crippen LogP contribution in [0.25, 0.3) is 10.4 Å². The van der Waals surface area contributed by atoms with Crippen LogP contribution < -0.4 is 15.6 Å². The summed E-state index contributed by atoms with van der Waals surface area (Å²) in [5.41, 5.74) is 8.12. The van der Waals surface area contributed by atoms with Gasteiger partial charge in [-0.15, -0.1) is 11.3 Å². The van der Waals surface area contributed by atoms with Crippen molar-refractivity contribution in [3.63, 3.8) is 0 Å². The number of carbonyl (C=O) groups excluding carboxylic acids is 1. The predicted octanol–water partition coefficient (Wildman–Crippen LogP) is 3.98. The van der Waals surface area contributed by atoms with Crippen molar-refractivity contribution in [2.45, 2.75) is 20.8 Å². The molecule has 3 aromatic rings. The summed E-state index contributed by atoms with van der Waals surface area (Å²) >= 11 is 1.38. The first kappa shape index (κ1) is 17.9. The molecule has 0 unspecified atom stereocenters. The summed E-state index contributed by atoms with van der Waals surface area (Å²) in [6.07, 6.45) is 0. The lowest BCUT2D eigenvalue weighted by Gasteiger charge is -2.08. The van der Waals surface area contributed by atoms with E-state index in [1.807, 2.05) is 63.2 Å². The van der Waals surface area contributed by atoms with E-state index in [2.05, 4.69) is 20.8 Å². The molecule has 0 aliphatic carbocycles. The Bertz CT molecular complexity index is 889. The number of carbonyl (C=O) groups is 1. The molecule has 0 aliphatic rings. The minimum Gasteiger partial charge on any atom is -0.492 e. The molecular formula is C19H20N4O2S. The molecule has 6 nitrogen and oxygen atoms in total. The van der Waals surface area contributed by atoms with Gasteiger partial charge in [-0.05, 0) is 38.5 Å². The van der Waals surface area contributed by atoms with E-state index in [0.29, 0.717) is 23.2 Å². The number of hydrogen-bond donors (Lipinski definition) is 2. The molecule has 0 aliphatic heterocycles. The lowest BCUT2D eigenvalue weighted by molar-refractivity contribution is 0.0963. The van der Waals surface area contributed by atoms with Gasteiger partial charge in [-0.3, -0.25) is 15.6 Å². The molecule has 0 atom stereocenters. The maximum absolute atomic E-state index is 12.6. The first-order chi connectivity index (χ1) is 12.6. The van der Waals surface area contributed by atoms with E-state index in [1.165, 1.54) is 11.3 Å². The second-order valence-electron chi connectivity index (χ2n) is 5.66. The third-order valence-corrected chi connectivity index (χ3v) is 4.70. The molecule has 0 fully saturated rings. The zero-order valence-electron chi connectivity index (χ0n) is 14.9. The number of amides is 1. The number of aromatic nitrogens is 2. The molecule has 3 rings (SSSR count). The van der Waals surface area contributed by atoms with Crippen molar-refractivity contribution >= 4 is 23.2 Å². The number of benzene rings is 1. The normalized spacial score (nSPS) is 10.4. The molecule has 2 aromatic heterocycles. The Kier molecular flexibility index (Phi) is 5.48. The van der Waals surface area contributed by atoms with Gasteiger partial charge in [0.2, 0.25) is 5.95 Å². The van der Waals surface area contributed by atoms with Crippen LogP contribution in [0, 0.1) is 13.8 Å². The molecule has 0 saturated carbocycles. The summed E-state index contributed by atoms with van der Waals surface area (Å²) in [7, 11) is 0. The lowest BCUT2D eigenvalue weighted by Crippen LogP contribution is -2.30. The zero-order valence-corrected chi connectivity index (χ0v) is 15.7. The Hall–Kier alpha value is -2.93. The fourth-order valence-corrected chi connectivity index (χ4v) is 3.49. The monoisotopic (exact) mass is 368 g/mol. The summed E-state index contributed by atoms with van der Waals surface area (Å²) in [5.74, 6) is 0.633. The summed E-state index contributed by atoms with van der Waals surface area (Å²) in [6, 6.07) is 13.7. The summed E-state index contributed by atoms with van der Waals surface area (Å²) in [5, 5.41) is 0. The maximum Gasteiger partial charge on any atom is 0.283 e. The first-order valence-corrected chi connectivity index (χ1v) is 9.09. The van der Waals surface area contributed by atoms with Crippen LogP contribution in [-0.2, 0) is 0 Å². The molecule has 1 amide bonds. The number of anilines is 1. The van der Waals surface area contributed by atoms with Crippen molar-refractivity contribution in [2.75, 3.05) is 12.0 Å². The van der Waals surface area contributed by atoms with E-state index < -0.39 is 0 Å². The molecule has 2 heterocycles. The van der Waals surface area contributed by atoms with E-state index in [9.17, 15) is 4.79 Å². The van der Waals surface area contributed by atoms with Gasteiger partial charge in [-0.1, -0.05) is 30.3 Å². The van der Waals surface area contributed by atoms with E-state index in [4.69, 9.17) is 4.74 Å². The van der Waals surface area contributed by atoms with Gasteiger partial charge in [-0.2, -0.15) is 0 Å². The fraction of sp³-hybridized carbons (Fsp3) is 0.211. The van der Waals surface area contributed by atoms with Crippen LogP contribution in [0.2, 0.25) is 0 Å². The molecule has 26 heavy (non-hydrogen) atoms. The Morgan fingerprint density at radius 2 is 1.81 bits per heavy atom. The van der Waals surface area contributed by atoms with Crippen LogP contribution in [-0.4, -0.2) is 22.5 Å². The summed E-state index contributed by atoms with van der Waals surface area (Å²) in [6.45, 7) is 6.13. The summed E-state index contributed by atoms with van der Waals surface area (Å²) in [4.78, 5) is 22.6. The highest BCUT2D eigenvalue weighted by atomic mass is 32.1. The SMILES string of the molecule is CCOc1cc(-c2ccccc2)sc1C(=O)NNc1nc(C)cc(C)n1. The minimum atomic E-state index is -0.289. The Morgan fingerprint density at radius 1 is 1.12 bits per heavy atom. The number of thiophene rings is 1. The van der Waals surface area contributed by atoms with Crippen molar-refractivity contribution in [1.82, 2.24) is 15.4 Å². The topological polar surface area (TPSA) is 76.1 Å². The van der Waals surface area contributed by atoms with Crippen LogP contribution in [0.15, 0.2) is 42.5 Å². The average molecular weight is 368 g/mol. The van der Waals surface area contributed by atoms with Gasteiger partial charge in [0.05, 0.1) is 6.61 Å². The van der Waals surface area contributed by atoms with Crippen molar-refractivity contribution in [1.29, 1.82) is 0 Å². The predicted molar refractivity (Wildman–Crippen MR) is 104 cm³/mol. The standard InChI is InChI=1S/C19H20N4O2S/c1-4-25-15-11-16(14-8-6-5-7-9-14)26-17(15)18(24)22-23-19-20-12(2)10-13(3)21-19/h5-11H,4H2,1-3H3,(H,22,24)(H,20,21,23). The van der Waals surface area contributed by atoms with Crippen LogP contribution in [0.4, 0.5) is 5.95 Å². The highest BCUT2D eigenvalue weighted by molar-refractivity contribution is 7.17. The number of hydrazine groups is 1. The van der Waals surface area contributed by atoms with Crippen LogP contribution >= 0.6 is 11.3 Å². The molecule has 0 saturated heterocycles. The molecule has 134 valence electrons. The second-order valence-corrected chi connectivity index (χ2v) is 6.71. The average Bonchev–Trinajstić information content (AvgIpc) is 3.04. The van der Waals surface area contributed by atoms with Crippen LogP contribution in [0.3, 0.4) is 0 Å². The maximum atomic E-state index is 12.6. The molecule has 2 N–H and O–H groups in total. The van der Waals surface area contributed by atoms with Crippen LogP contribution in [0.5, 0.6) is 5.75 Å². The second kappa shape index (κ2) is 7.97. The number of aryl methyl sites for hydroxylation is 2. The minimum absolute atomic E-state index is 0.289. The number of rotatable bonds is 6. The highest BCUT2D eigenvalue weighted by Gasteiger charge is 2.18. The van der Waals surface area contributed by atoms with Crippen molar-refractivity contribution in [3.8, 4) is 16.2 Å². The van der Waals surface area contributed by atoms with Gasteiger partial charge in [-0.25, -0.2) is 9.97 Å². The van der Waals surface area contributed by atoms with Gasteiger partial charge < -0.3 is 4.74 Å². The smallest absolute Gasteiger partial charge is 0.283 e. The quantitative estimate of drug-likeness (QED) is 0.644. The van der Waals surface area contributed by atoms with E-state index in [-0.39, 0.29) is 5.91 Å². The lowest BCUT2D eigenvalue weighted by atomic mass is 10.2. The van der Waals surface area contributed by atoms with Crippen molar-refractivity contribution in [2.24, 2.45) is 0 Å². The van der Waals surface area contributed by atoms with Crippen molar-refractivity contribution < 1.29 is 9.53 Å². The number of nitrogens with one attached hydrogen (secondary N) is 2. The van der Waals surface area contributed by atoms with Gasteiger partial charge in [0.1, 0.15) is 10.6 Å². The number of ether oxygens (including phenoxy) is 1. The first-order valence-electron chi connectivity index (χ1n) is 8.27. The van der Waals surface area contributed by atoms with Crippen molar-refractivity contribution in [3.05, 3.63) is 58.7 Å². The van der Waals surface area contributed by atoms with E-state index >= 15 is 0 Å². The number of hydrogen-bond acceptors (Lipinski definition) is 6. The molecule has 0 bridgehead atoms. The van der Waals surface area contributed by atoms with E-state index in [1.54, 1.807) is 0 Å². The molecule has 0 radical (unpaired) electrons. The number of nitrogens with zero attached hydrogens (tertiary/aromatic N) is 2. The Labute approximate surface area is 156 Å². The highest BCUT2D eigenvalue weighted by Crippen LogP contribution is 2.36. The molecular weight excluding hydrogens is 348 g/mol. The van der Waals surface area contributed by atoms with Gasteiger partial charge in [0, 0.05) is 16.3 Å². The Balaban J connectivity index is 1.80. The molecule has 0 spiro atoms. The van der Waals surface area contributed by atoms with Gasteiger partial charge in [0.15, 0.2) is 0 Å². The summed E-state index contributed by atoms with van der Waals surface area (Å²) < 4.78 is 5.64. The third-order valence-electron chi connectivity index (χ3n) is 3.53. The fourth-order valence-electron chi connectivity index (χ4n) is 2.49. The third kappa shape index (κ3) is 4.18. The van der Waals surface area contributed by atoms with Gasteiger partial charge in [0.25, 0.3) is 5.91 Å². The van der Waals surface area contributed by atoms with Crippen LogP contribution in [0.1, 0.15) is 28.0 Å². The largest absolute Gasteiger partial charge is 0.492 e. The molecule has 1 aromatic carbocycles.